The number of thiocarbonyl (C=S) groups is 1. The molecule has 0 aliphatic heterocycles. The highest BCUT2D eigenvalue weighted by atomic mass is 32.1. The number of aryl methyl sites for hydroxylation is 2. The predicted octanol–water partition coefficient (Wildman–Crippen LogP) is 3.34. The van der Waals surface area contributed by atoms with Crippen LogP contribution >= 0.6 is 12.2 Å². The topological polar surface area (TPSA) is 84.3 Å². The molecule has 0 aliphatic rings. The minimum atomic E-state index is -0.626. The Labute approximate surface area is 138 Å². The molecule has 1 amide bonds. The number of carbonyl (C=O) groups excluding carboxylic acids is 1. The molecule has 2 aromatic carbocycles. The van der Waals surface area contributed by atoms with E-state index in [1.54, 1.807) is 6.07 Å². The van der Waals surface area contributed by atoms with Crippen molar-refractivity contribution in [2.75, 3.05) is 5.32 Å². The number of hydrogen-bond acceptors (Lipinski definition) is 4. The molecule has 118 valence electrons. The second-order valence-corrected chi connectivity index (χ2v) is 5.47. The number of rotatable bonds is 3. The van der Waals surface area contributed by atoms with Crippen LogP contribution in [0.5, 0.6) is 0 Å². The van der Waals surface area contributed by atoms with Crippen molar-refractivity contribution in [1.82, 2.24) is 5.32 Å². The Morgan fingerprint density at radius 2 is 1.74 bits per heavy atom. The zero-order valence-corrected chi connectivity index (χ0v) is 13.4. The van der Waals surface area contributed by atoms with Gasteiger partial charge in [-0.25, -0.2) is 0 Å². The number of nitrogens with zero attached hydrogens (tertiary/aromatic N) is 1. The standard InChI is InChI=1S/C16H15N3O3S/c1-10-7-11(2)9-12(8-10)17-16(23)18-15(20)13-5-3-4-6-14(13)19(21)22/h3-9H,1-2H3,(H2,17,18,20,23). The van der Waals surface area contributed by atoms with Gasteiger partial charge in [0.1, 0.15) is 5.56 Å². The number of anilines is 1. The first-order chi connectivity index (χ1) is 10.9. The van der Waals surface area contributed by atoms with Gasteiger partial charge in [-0.1, -0.05) is 18.2 Å². The molecule has 7 heteroatoms. The normalized spacial score (nSPS) is 10.0. The molecular weight excluding hydrogens is 314 g/mol. The molecule has 23 heavy (non-hydrogen) atoms. The predicted molar refractivity (Wildman–Crippen MR) is 92.7 cm³/mol. The highest BCUT2D eigenvalue weighted by Crippen LogP contribution is 2.17. The van der Waals surface area contributed by atoms with Gasteiger partial charge in [0, 0.05) is 11.8 Å². The third-order valence-corrected chi connectivity index (χ3v) is 3.26. The summed E-state index contributed by atoms with van der Waals surface area (Å²) in [6.07, 6.45) is 0. The van der Waals surface area contributed by atoms with Crippen LogP contribution < -0.4 is 10.6 Å². The molecule has 6 nitrogen and oxygen atoms in total. The van der Waals surface area contributed by atoms with Gasteiger partial charge >= 0.3 is 0 Å². The first kappa shape index (κ1) is 16.6. The third kappa shape index (κ3) is 4.33. The molecule has 0 fully saturated rings. The number of nitrogens with one attached hydrogen (secondary N) is 2. The van der Waals surface area contributed by atoms with Gasteiger partial charge in [0.25, 0.3) is 11.6 Å². The molecule has 0 atom stereocenters. The summed E-state index contributed by atoms with van der Waals surface area (Å²) in [7, 11) is 0. The maximum Gasteiger partial charge on any atom is 0.282 e. The van der Waals surface area contributed by atoms with E-state index < -0.39 is 10.8 Å². The summed E-state index contributed by atoms with van der Waals surface area (Å²) >= 11 is 5.09. The maximum absolute atomic E-state index is 12.2. The first-order valence-corrected chi connectivity index (χ1v) is 7.21. The lowest BCUT2D eigenvalue weighted by molar-refractivity contribution is -0.385. The monoisotopic (exact) mass is 329 g/mol. The molecule has 0 saturated carbocycles. The number of nitro groups is 1. The van der Waals surface area contributed by atoms with Crippen LogP contribution in [0.4, 0.5) is 11.4 Å². The molecule has 0 saturated heterocycles. The Hall–Kier alpha value is -2.80. The summed E-state index contributed by atoms with van der Waals surface area (Å²) in [6, 6.07) is 11.5. The fourth-order valence-corrected chi connectivity index (χ4v) is 2.42. The molecular formula is C16H15N3O3S. The van der Waals surface area contributed by atoms with Crippen LogP contribution in [0, 0.1) is 24.0 Å². The number of hydrogen-bond donors (Lipinski definition) is 2. The van der Waals surface area contributed by atoms with E-state index in [1.165, 1.54) is 18.2 Å². The summed E-state index contributed by atoms with van der Waals surface area (Å²) in [5, 5.41) is 16.4. The van der Waals surface area contributed by atoms with Gasteiger partial charge in [0.2, 0.25) is 0 Å². The lowest BCUT2D eigenvalue weighted by atomic mass is 10.1. The van der Waals surface area contributed by atoms with Crippen LogP contribution in [-0.2, 0) is 0 Å². The van der Waals surface area contributed by atoms with Gasteiger partial charge < -0.3 is 5.32 Å². The van der Waals surface area contributed by atoms with Crippen molar-refractivity contribution in [2.24, 2.45) is 0 Å². The fourth-order valence-electron chi connectivity index (χ4n) is 2.20. The average Bonchev–Trinajstić information content (AvgIpc) is 2.45. The Kier molecular flexibility index (Phi) is 5.02. The van der Waals surface area contributed by atoms with Crippen LogP contribution in [0.15, 0.2) is 42.5 Å². The van der Waals surface area contributed by atoms with Gasteiger partial charge in [0.05, 0.1) is 4.92 Å². The molecule has 2 N–H and O–H groups in total. The number of nitro benzene ring substituents is 1. The molecule has 0 radical (unpaired) electrons. The molecule has 0 bridgehead atoms. The Morgan fingerprint density at radius 1 is 1.13 bits per heavy atom. The molecule has 2 rings (SSSR count). The molecule has 2 aromatic rings. The van der Waals surface area contributed by atoms with Crippen molar-refractivity contribution in [3.63, 3.8) is 0 Å². The number of amides is 1. The second-order valence-electron chi connectivity index (χ2n) is 5.06. The third-order valence-electron chi connectivity index (χ3n) is 3.05. The largest absolute Gasteiger partial charge is 0.332 e. The summed E-state index contributed by atoms with van der Waals surface area (Å²) < 4.78 is 0. The molecule has 0 heterocycles. The Morgan fingerprint density at radius 3 is 2.35 bits per heavy atom. The van der Waals surface area contributed by atoms with Crippen LogP contribution in [0.2, 0.25) is 0 Å². The van der Waals surface area contributed by atoms with Crippen molar-refractivity contribution in [3.05, 3.63) is 69.3 Å². The highest BCUT2D eigenvalue weighted by molar-refractivity contribution is 7.80. The Balaban J connectivity index is 2.11. The second kappa shape index (κ2) is 6.97. The molecule has 0 aliphatic carbocycles. The SMILES string of the molecule is Cc1cc(C)cc(NC(=S)NC(=O)c2ccccc2[N+](=O)[O-])c1. The lowest BCUT2D eigenvalue weighted by Crippen LogP contribution is -2.34. The van der Waals surface area contributed by atoms with Crippen molar-refractivity contribution < 1.29 is 9.72 Å². The smallest absolute Gasteiger partial charge is 0.282 e. The average molecular weight is 329 g/mol. The van der Waals surface area contributed by atoms with E-state index in [-0.39, 0.29) is 16.4 Å². The zero-order chi connectivity index (χ0) is 17.0. The van der Waals surface area contributed by atoms with Gasteiger partial charge in [-0.05, 0) is 55.4 Å². The van der Waals surface area contributed by atoms with Crippen molar-refractivity contribution in [3.8, 4) is 0 Å². The van der Waals surface area contributed by atoms with E-state index in [0.717, 1.165) is 16.8 Å². The lowest BCUT2D eigenvalue weighted by Gasteiger charge is -2.11. The van der Waals surface area contributed by atoms with Crippen molar-refractivity contribution >= 4 is 34.6 Å². The number of carbonyl (C=O) groups is 1. The van der Waals surface area contributed by atoms with Gasteiger partial charge in [-0.15, -0.1) is 0 Å². The molecule has 0 spiro atoms. The first-order valence-electron chi connectivity index (χ1n) is 6.81. The van der Waals surface area contributed by atoms with Crippen LogP contribution in [-0.4, -0.2) is 15.9 Å². The van der Waals surface area contributed by atoms with E-state index in [9.17, 15) is 14.9 Å². The number of para-hydroxylation sites is 1. The zero-order valence-electron chi connectivity index (χ0n) is 12.6. The van der Waals surface area contributed by atoms with Gasteiger partial charge in [-0.2, -0.15) is 0 Å². The van der Waals surface area contributed by atoms with E-state index in [4.69, 9.17) is 12.2 Å². The Bertz CT molecular complexity index is 770. The van der Waals surface area contributed by atoms with Crippen LogP contribution in [0.3, 0.4) is 0 Å². The number of benzene rings is 2. The quantitative estimate of drug-likeness (QED) is 0.512. The van der Waals surface area contributed by atoms with E-state index in [0.29, 0.717) is 0 Å². The molecule has 0 aromatic heterocycles. The van der Waals surface area contributed by atoms with Gasteiger partial charge in [0.15, 0.2) is 5.11 Å². The minimum absolute atomic E-state index is 0.0397. The van der Waals surface area contributed by atoms with Crippen molar-refractivity contribution in [2.45, 2.75) is 13.8 Å². The van der Waals surface area contributed by atoms with Crippen molar-refractivity contribution in [1.29, 1.82) is 0 Å². The summed E-state index contributed by atoms with van der Waals surface area (Å²) in [5.41, 5.74) is 2.55. The minimum Gasteiger partial charge on any atom is -0.332 e. The van der Waals surface area contributed by atoms with Gasteiger partial charge in [-0.3, -0.25) is 20.2 Å². The highest BCUT2D eigenvalue weighted by Gasteiger charge is 2.19. The summed E-state index contributed by atoms with van der Waals surface area (Å²) in [6.45, 7) is 3.90. The summed E-state index contributed by atoms with van der Waals surface area (Å²) in [5.74, 6) is -0.626. The maximum atomic E-state index is 12.2. The molecule has 0 unspecified atom stereocenters. The van der Waals surface area contributed by atoms with E-state index >= 15 is 0 Å². The van der Waals surface area contributed by atoms with E-state index in [2.05, 4.69) is 10.6 Å². The fraction of sp³-hybridized carbons (Fsp3) is 0.125. The van der Waals surface area contributed by atoms with E-state index in [1.807, 2.05) is 32.0 Å². The summed E-state index contributed by atoms with van der Waals surface area (Å²) in [4.78, 5) is 22.5. The van der Waals surface area contributed by atoms with Crippen LogP contribution in [0.25, 0.3) is 0 Å². The van der Waals surface area contributed by atoms with Crippen LogP contribution in [0.1, 0.15) is 21.5 Å².